The molecule has 0 aliphatic rings. The van der Waals surface area contributed by atoms with Gasteiger partial charge in [-0.05, 0) is 30.3 Å². The van der Waals surface area contributed by atoms with Gasteiger partial charge in [0.25, 0.3) is 11.2 Å². The highest BCUT2D eigenvalue weighted by Gasteiger charge is 2.18. The van der Waals surface area contributed by atoms with Gasteiger partial charge in [-0.2, -0.15) is 9.50 Å². The van der Waals surface area contributed by atoms with E-state index in [0.29, 0.717) is 43.7 Å². The largest absolute Gasteiger partial charge is 0.496 e. The molecule has 9 nitrogen and oxygen atoms in total. The van der Waals surface area contributed by atoms with E-state index in [-0.39, 0.29) is 11.2 Å². The number of ether oxygens (including phenoxy) is 1. The molecule has 0 atom stereocenters. The molecule has 0 amide bonds. The topological polar surface area (TPSA) is 113 Å². The minimum atomic E-state index is -0.462. The average Bonchev–Trinajstić information content (AvgIpc) is 3.51. The monoisotopic (exact) mass is 446 g/mol. The molecule has 0 fully saturated rings. The highest BCUT2D eigenvalue weighted by Crippen LogP contribution is 2.31. The van der Waals surface area contributed by atoms with Crippen LogP contribution in [0.15, 0.2) is 69.9 Å². The first-order valence-electron chi connectivity index (χ1n) is 9.43. The fourth-order valence-electron chi connectivity index (χ4n) is 3.32. The van der Waals surface area contributed by atoms with Crippen LogP contribution in [-0.4, -0.2) is 26.6 Å². The van der Waals surface area contributed by atoms with Crippen molar-refractivity contribution in [1.29, 1.82) is 0 Å². The average molecular weight is 446 g/mol. The van der Waals surface area contributed by atoms with Crippen LogP contribution in [0.2, 0.25) is 0 Å². The lowest BCUT2D eigenvalue weighted by Gasteiger charge is -2.03. The van der Waals surface area contributed by atoms with E-state index in [1.807, 2.05) is 18.2 Å². The molecule has 0 unspecified atom stereocenters. The Morgan fingerprint density at radius 3 is 2.59 bits per heavy atom. The zero-order chi connectivity index (χ0) is 22.2. The fourth-order valence-corrected chi connectivity index (χ4v) is 4.21. The number of nitro benzene ring substituents is 1. The molecule has 0 aliphatic heterocycles. The van der Waals surface area contributed by atoms with Crippen LogP contribution >= 0.6 is 11.3 Å². The van der Waals surface area contributed by atoms with Gasteiger partial charge >= 0.3 is 0 Å². The van der Waals surface area contributed by atoms with Crippen LogP contribution in [0.3, 0.4) is 0 Å². The van der Waals surface area contributed by atoms with Crippen LogP contribution in [0, 0.1) is 10.1 Å². The third kappa shape index (κ3) is 3.32. The van der Waals surface area contributed by atoms with Crippen LogP contribution in [0.5, 0.6) is 5.75 Å². The number of benzene rings is 2. The van der Waals surface area contributed by atoms with Crippen molar-refractivity contribution < 1.29 is 14.1 Å². The van der Waals surface area contributed by atoms with E-state index in [0.717, 1.165) is 0 Å². The van der Waals surface area contributed by atoms with Gasteiger partial charge in [0.1, 0.15) is 21.8 Å². The van der Waals surface area contributed by atoms with Crippen molar-refractivity contribution >= 4 is 28.1 Å². The molecular formula is C22H14N4O5S. The number of nitro groups is 1. The molecule has 0 spiro atoms. The number of hydrogen-bond donors (Lipinski definition) is 0. The Labute approximate surface area is 184 Å². The summed E-state index contributed by atoms with van der Waals surface area (Å²) >= 11 is 1.17. The maximum atomic E-state index is 12.8. The summed E-state index contributed by atoms with van der Waals surface area (Å²) in [6, 6.07) is 16.9. The third-order valence-corrected chi connectivity index (χ3v) is 5.76. The molecule has 0 N–H and O–H groups in total. The zero-order valence-electron chi connectivity index (χ0n) is 16.6. The van der Waals surface area contributed by atoms with Crippen molar-refractivity contribution in [3.05, 3.63) is 91.4 Å². The second-order valence-electron chi connectivity index (χ2n) is 6.72. The van der Waals surface area contributed by atoms with Gasteiger partial charge in [-0.15, -0.1) is 5.10 Å². The third-order valence-electron chi connectivity index (χ3n) is 4.80. The number of thiazole rings is 1. The molecule has 0 saturated carbocycles. The van der Waals surface area contributed by atoms with Gasteiger partial charge in [0.2, 0.25) is 4.96 Å². The predicted molar refractivity (Wildman–Crippen MR) is 119 cm³/mol. The van der Waals surface area contributed by atoms with E-state index in [4.69, 9.17) is 9.15 Å². The number of aromatic nitrogens is 3. The maximum absolute atomic E-state index is 12.8. The van der Waals surface area contributed by atoms with E-state index < -0.39 is 4.92 Å². The maximum Gasteiger partial charge on any atom is 0.291 e. The molecule has 2 aromatic carbocycles. The molecule has 5 aromatic rings. The molecule has 0 saturated heterocycles. The van der Waals surface area contributed by atoms with Crippen LogP contribution in [-0.2, 0) is 0 Å². The smallest absolute Gasteiger partial charge is 0.291 e. The Balaban J connectivity index is 1.53. The Morgan fingerprint density at radius 2 is 1.84 bits per heavy atom. The zero-order valence-corrected chi connectivity index (χ0v) is 17.4. The van der Waals surface area contributed by atoms with Crippen molar-refractivity contribution in [3.8, 4) is 28.5 Å². The van der Waals surface area contributed by atoms with Crippen LogP contribution in [0.1, 0.15) is 5.76 Å². The lowest BCUT2D eigenvalue weighted by molar-refractivity contribution is -0.384. The summed E-state index contributed by atoms with van der Waals surface area (Å²) in [5.74, 6) is 1.75. The number of rotatable bonds is 5. The van der Waals surface area contributed by atoms with Crippen LogP contribution in [0.25, 0.3) is 33.7 Å². The summed E-state index contributed by atoms with van der Waals surface area (Å²) in [6.45, 7) is 0. The van der Waals surface area contributed by atoms with Gasteiger partial charge in [0.15, 0.2) is 5.82 Å². The molecule has 3 aromatic heterocycles. The van der Waals surface area contributed by atoms with Gasteiger partial charge in [0, 0.05) is 12.1 Å². The lowest BCUT2D eigenvalue weighted by atomic mass is 10.1. The van der Waals surface area contributed by atoms with Crippen molar-refractivity contribution in [2.45, 2.75) is 0 Å². The molecular weight excluding hydrogens is 432 g/mol. The molecule has 158 valence electrons. The Morgan fingerprint density at radius 1 is 1.09 bits per heavy atom. The van der Waals surface area contributed by atoms with Crippen LogP contribution < -0.4 is 14.8 Å². The number of methoxy groups -OCH3 is 1. The first-order valence-corrected chi connectivity index (χ1v) is 10.2. The molecule has 0 radical (unpaired) electrons. The molecule has 3 heterocycles. The molecule has 0 aliphatic carbocycles. The summed E-state index contributed by atoms with van der Waals surface area (Å²) in [6.07, 6.45) is 1.57. The van der Waals surface area contributed by atoms with Gasteiger partial charge in [-0.25, -0.2) is 0 Å². The minimum absolute atomic E-state index is 0.0550. The molecule has 10 heteroatoms. The highest BCUT2D eigenvalue weighted by atomic mass is 32.1. The van der Waals surface area contributed by atoms with Gasteiger partial charge in [-0.1, -0.05) is 35.6 Å². The first-order chi connectivity index (χ1) is 15.5. The summed E-state index contributed by atoms with van der Waals surface area (Å²) < 4.78 is 12.7. The van der Waals surface area contributed by atoms with Crippen LogP contribution in [0.4, 0.5) is 5.69 Å². The van der Waals surface area contributed by atoms with Crippen molar-refractivity contribution in [2.75, 3.05) is 7.11 Å². The van der Waals surface area contributed by atoms with Crippen molar-refractivity contribution in [2.24, 2.45) is 0 Å². The fraction of sp³-hybridized carbons (Fsp3) is 0.0455. The summed E-state index contributed by atoms with van der Waals surface area (Å²) in [4.78, 5) is 28.5. The normalized spacial score (nSPS) is 11.8. The Kier molecular flexibility index (Phi) is 4.75. The standard InChI is InChI=1S/C22H14N4O5S/c1-30-17-9-5-3-7-15(17)20-23-22-25(24-20)21(27)19(32-22)12-13-10-11-18(31-13)14-6-2-4-8-16(14)26(28)29/h2-12H,1H3/b19-12-. The van der Waals surface area contributed by atoms with E-state index >= 15 is 0 Å². The Hall–Kier alpha value is -4.31. The van der Waals surface area contributed by atoms with E-state index in [1.54, 1.807) is 49.6 Å². The summed E-state index contributed by atoms with van der Waals surface area (Å²) in [5.41, 5.74) is 0.669. The summed E-state index contributed by atoms with van der Waals surface area (Å²) in [5, 5.41) is 15.6. The second-order valence-corrected chi connectivity index (χ2v) is 7.73. The minimum Gasteiger partial charge on any atom is -0.496 e. The lowest BCUT2D eigenvalue weighted by Crippen LogP contribution is -2.23. The van der Waals surface area contributed by atoms with E-state index in [2.05, 4.69) is 10.1 Å². The van der Waals surface area contributed by atoms with Crippen molar-refractivity contribution in [3.63, 3.8) is 0 Å². The summed E-state index contributed by atoms with van der Waals surface area (Å²) in [7, 11) is 1.56. The SMILES string of the molecule is COc1ccccc1-c1nc2s/c(=C\c3ccc(-c4ccccc4[N+](=O)[O-])o3)c(=O)n2n1. The molecule has 5 rings (SSSR count). The van der Waals surface area contributed by atoms with Gasteiger partial charge in [0.05, 0.1) is 23.2 Å². The number of para-hydroxylation sites is 2. The number of fused-ring (bicyclic) bond motifs is 1. The van der Waals surface area contributed by atoms with E-state index in [9.17, 15) is 14.9 Å². The van der Waals surface area contributed by atoms with Crippen molar-refractivity contribution in [1.82, 2.24) is 14.6 Å². The van der Waals surface area contributed by atoms with E-state index in [1.165, 1.54) is 21.9 Å². The second kappa shape index (κ2) is 7.75. The first kappa shape index (κ1) is 19.6. The number of hydrogen-bond acceptors (Lipinski definition) is 8. The predicted octanol–water partition coefficient (Wildman–Crippen LogP) is 3.54. The molecule has 0 bridgehead atoms. The van der Waals surface area contributed by atoms with Gasteiger partial charge < -0.3 is 9.15 Å². The quantitative estimate of drug-likeness (QED) is 0.300. The van der Waals surface area contributed by atoms with Gasteiger partial charge in [-0.3, -0.25) is 14.9 Å². The highest BCUT2D eigenvalue weighted by molar-refractivity contribution is 7.15. The Bertz CT molecular complexity index is 1580. The number of nitrogens with zero attached hydrogens (tertiary/aromatic N) is 4. The number of furan rings is 1. The molecule has 32 heavy (non-hydrogen) atoms.